The van der Waals surface area contributed by atoms with E-state index < -0.39 is 0 Å². The topological polar surface area (TPSA) is 45.4 Å². The first kappa shape index (κ1) is 11.3. The molecule has 0 spiro atoms. The number of unbranched alkanes of at least 4 members (excludes halogenated alkanes) is 2. The van der Waals surface area contributed by atoms with Gasteiger partial charge in [-0.05, 0) is 44.9 Å². The summed E-state index contributed by atoms with van der Waals surface area (Å²) in [6, 6.07) is 4.16. The second-order valence-corrected chi connectivity index (χ2v) is 3.48. The van der Waals surface area contributed by atoms with Crippen LogP contribution in [0.15, 0.2) is 22.8 Å². The Balaban J connectivity index is 2.07. The molecule has 0 aliphatic carbocycles. The summed E-state index contributed by atoms with van der Waals surface area (Å²) in [5.74, 6) is 0.979. The molecular weight excluding hydrogens is 178 g/mol. The Morgan fingerprint density at radius 3 is 2.93 bits per heavy atom. The zero-order valence-corrected chi connectivity index (χ0v) is 8.70. The molecule has 14 heavy (non-hydrogen) atoms. The molecule has 0 saturated carbocycles. The average molecular weight is 197 g/mol. The monoisotopic (exact) mass is 197 g/mol. The van der Waals surface area contributed by atoms with Crippen LogP contribution in [0, 0.1) is 0 Å². The van der Waals surface area contributed by atoms with Crippen LogP contribution in [0.1, 0.15) is 38.0 Å². The molecule has 0 aromatic carbocycles. The predicted molar refractivity (Wildman–Crippen MR) is 56.1 cm³/mol. The summed E-state index contributed by atoms with van der Waals surface area (Å²) in [4.78, 5) is 0. The van der Waals surface area contributed by atoms with E-state index in [9.17, 15) is 0 Å². The predicted octanol–water partition coefficient (Wildman–Crippen LogP) is 2.09. The minimum atomic E-state index is 0.277. The fourth-order valence-electron chi connectivity index (χ4n) is 1.37. The third-order valence-corrected chi connectivity index (χ3v) is 2.26. The minimum Gasteiger partial charge on any atom is -0.468 e. The largest absolute Gasteiger partial charge is 0.468 e. The van der Waals surface area contributed by atoms with Crippen LogP contribution in [0.2, 0.25) is 0 Å². The molecule has 2 N–H and O–H groups in total. The molecule has 0 fully saturated rings. The molecule has 0 radical (unpaired) electrons. The maximum Gasteiger partial charge on any atom is 0.120 e. The summed E-state index contributed by atoms with van der Waals surface area (Å²) in [6.45, 7) is 3.36. The maximum atomic E-state index is 8.59. The van der Waals surface area contributed by atoms with E-state index in [1.807, 2.05) is 12.1 Å². The second-order valence-electron chi connectivity index (χ2n) is 3.48. The van der Waals surface area contributed by atoms with Gasteiger partial charge in [-0.2, -0.15) is 0 Å². The molecular formula is C11H19NO2. The Morgan fingerprint density at radius 1 is 1.43 bits per heavy atom. The Labute approximate surface area is 85.1 Å². The van der Waals surface area contributed by atoms with Crippen molar-refractivity contribution < 1.29 is 9.52 Å². The zero-order chi connectivity index (χ0) is 10.2. The first-order valence-corrected chi connectivity index (χ1v) is 5.22. The van der Waals surface area contributed by atoms with E-state index in [4.69, 9.17) is 9.52 Å². The van der Waals surface area contributed by atoms with E-state index in [-0.39, 0.29) is 6.04 Å². The summed E-state index contributed by atoms with van der Waals surface area (Å²) in [6.07, 6.45) is 4.77. The van der Waals surface area contributed by atoms with Crippen LogP contribution in [0.4, 0.5) is 0 Å². The molecule has 3 heteroatoms. The number of hydrogen-bond acceptors (Lipinski definition) is 3. The number of hydrogen-bond donors (Lipinski definition) is 2. The summed E-state index contributed by atoms with van der Waals surface area (Å²) < 4.78 is 5.27. The molecule has 80 valence electrons. The summed E-state index contributed by atoms with van der Waals surface area (Å²) in [7, 11) is 0. The molecule has 0 amide bonds. The van der Waals surface area contributed by atoms with Gasteiger partial charge in [-0.1, -0.05) is 0 Å². The van der Waals surface area contributed by atoms with Crippen LogP contribution in [0.3, 0.4) is 0 Å². The number of aliphatic hydroxyl groups is 1. The van der Waals surface area contributed by atoms with Gasteiger partial charge in [0, 0.05) is 6.61 Å². The number of furan rings is 1. The lowest BCUT2D eigenvalue weighted by atomic mass is 10.2. The van der Waals surface area contributed by atoms with Gasteiger partial charge < -0.3 is 14.8 Å². The first-order valence-electron chi connectivity index (χ1n) is 5.22. The summed E-state index contributed by atoms with van der Waals surface area (Å²) in [5.41, 5.74) is 0. The average Bonchev–Trinajstić information content (AvgIpc) is 2.70. The molecule has 0 aliphatic rings. The Hall–Kier alpha value is -0.800. The van der Waals surface area contributed by atoms with E-state index in [1.165, 1.54) is 0 Å². The number of nitrogens with one attached hydrogen (secondary N) is 1. The van der Waals surface area contributed by atoms with Gasteiger partial charge in [0.2, 0.25) is 0 Å². The highest BCUT2D eigenvalue weighted by atomic mass is 16.3. The van der Waals surface area contributed by atoms with Crippen LogP contribution in [0.25, 0.3) is 0 Å². The van der Waals surface area contributed by atoms with E-state index >= 15 is 0 Å². The fraction of sp³-hybridized carbons (Fsp3) is 0.636. The van der Waals surface area contributed by atoms with Crippen molar-refractivity contribution >= 4 is 0 Å². The van der Waals surface area contributed by atoms with Gasteiger partial charge in [0.15, 0.2) is 0 Å². The van der Waals surface area contributed by atoms with Crippen LogP contribution >= 0.6 is 0 Å². The minimum absolute atomic E-state index is 0.277. The van der Waals surface area contributed by atoms with E-state index in [1.54, 1.807) is 6.26 Å². The third kappa shape index (κ3) is 3.94. The van der Waals surface area contributed by atoms with Crippen LogP contribution in [-0.2, 0) is 0 Å². The van der Waals surface area contributed by atoms with Gasteiger partial charge >= 0.3 is 0 Å². The van der Waals surface area contributed by atoms with Gasteiger partial charge in [0.25, 0.3) is 0 Å². The molecule has 0 bridgehead atoms. The highest BCUT2D eigenvalue weighted by Crippen LogP contribution is 2.11. The van der Waals surface area contributed by atoms with Crippen LogP contribution in [-0.4, -0.2) is 18.3 Å². The normalized spacial score (nSPS) is 13.0. The van der Waals surface area contributed by atoms with Gasteiger partial charge in [0.05, 0.1) is 12.3 Å². The number of rotatable bonds is 7. The quantitative estimate of drug-likeness (QED) is 0.658. The van der Waals surface area contributed by atoms with Crippen molar-refractivity contribution in [1.29, 1.82) is 0 Å². The molecule has 1 rings (SSSR count). The van der Waals surface area contributed by atoms with E-state index in [0.29, 0.717) is 6.61 Å². The lowest BCUT2D eigenvalue weighted by molar-refractivity contribution is 0.282. The van der Waals surface area contributed by atoms with Crippen molar-refractivity contribution in [2.24, 2.45) is 0 Å². The van der Waals surface area contributed by atoms with Crippen molar-refractivity contribution in [3.05, 3.63) is 24.2 Å². The van der Waals surface area contributed by atoms with Crippen molar-refractivity contribution in [3.8, 4) is 0 Å². The molecule has 1 heterocycles. The van der Waals surface area contributed by atoms with Crippen molar-refractivity contribution in [1.82, 2.24) is 5.32 Å². The zero-order valence-electron chi connectivity index (χ0n) is 8.70. The van der Waals surface area contributed by atoms with Crippen molar-refractivity contribution in [3.63, 3.8) is 0 Å². The molecule has 0 aliphatic heterocycles. The lowest BCUT2D eigenvalue weighted by Crippen LogP contribution is -2.19. The van der Waals surface area contributed by atoms with Crippen molar-refractivity contribution in [2.45, 2.75) is 32.2 Å². The van der Waals surface area contributed by atoms with Gasteiger partial charge in [-0.25, -0.2) is 0 Å². The van der Waals surface area contributed by atoms with Crippen LogP contribution < -0.4 is 5.32 Å². The summed E-state index contributed by atoms with van der Waals surface area (Å²) >= 11 is 0. The molecule has 0 unspecified atom stereocenters. The smallest absolute Gasteiger partial charge is 0.120 e. The highest BCUT2D eigenvalue weighted by Gasteiger charge is 2.05. The molecule has 0 saturated heterocycles. The standard InChI is InChI=1S/C11H19NO2/c1-10(11-6-5-9-14-11)12-7-3-2-4-8-13/h5-6,9-10,12-13H,2-4,7-8H2,1H3/t10-/m1/s1. The molecule has 1 aromatic rings. The SMILES string of the molecule is C[C@@H](NCCCCCO)c1ccco1. The third-order valence-electron chi connectivity index (χ3n) is 2.26. The Kier molecular flexibility index (Phi) is 5.33. The Bertz CT molecular complexity index is 221. The molecule has 1 atom stereocenters. The summed E-state index contributed by atoms with van der Waals surface area (Å²) in [5, 5.41) is 12.0. The highest BCUT2D eigenvalue weighted by molar-refractivity contribution is 5.02. The van der Waals surface area contributed by atoms with Gasteiger partial charge in [0.1, 0.15) is 5.76 Å². The number of aliphatic hydroxyl groups excluding tert-OH is 1. The first-order chi connectivity index (χ1) is 6.84. The maximum absolute atomic E-state index is 8.59. The Morgan fingerprint density at radius 2 is 2.29 bits per heavy atom. The molecule has 3 nitrogen and oxygen atoms in total. The van der Waals surface area contributed by atoms with Crippen LogP contribution in [0.5, 0.6) is 0 Å². The lowest BCUT2D eigenvalue weighted by Gasteiger charge is -2.10. The second kappa shape index (κ2) is 6.62. The van der Waals surface area contributed by atoms with Gasteiger partial charge in [-0.15, -0.1) is 0 Å². The van der Waals surface area contributed by atoms with Crippen molar-refractivity contribution in [2.75, 3.05) is 13.2 Å². The van der Waals surface area contributed by atoms with Gasteiger partial charge in [-0.3, -0.25) is 0 Å². The van der Waals surface area contributed by atoms with E-state index in [0.717, 1.165) is 31.6 Å². The fourth-order valence-corrected chi connectivity index (χ4v) is 1.37. The molecule has 1 aromatic heterocycles. The van der Waals surface area contributed by atoms with E-state index in [2.05, 4.69) is 12.2 Å².